The van der Waals surface area contributed by atoms with Gasteiger partial charge in [-0.25, -0.2) is 15.0 Å². The first-order valence-electron chi connectivity index (χ1n) is 19.4. The van der Waals surface area contributed by atoms with Crippen molar-refractivity contribution in [3.05, 3.63) is 158 Å². The summed E-state index contributed by atoms with van der Waals surface area (Å²) in [5, 5.41) is 3.95. The molecule has 0 radical (unpaired) electrons. The highest BCUT2D eigenvalue weighted by Crippen LogP contribution is 2.44. The number of benzene rings is 7. The molecule has 238 valence electrons. The molecule has 0 aliphatic heterocycles. The van der Waals surface area contributed by atoms with Gasteiger partial charge in [-0.1, -0.05) is 115 Å². The van der Waals surface area contributed by atoms with Gasteiger partial charge in [-0.05, 0) is 42.4 Å². The maximum Gasteiger partial charge on any atom is 0.164 e. The second-order valence-corrected chi connectivity index (χ2v) is 13.4. The molecule has 4 heterocycles. The molecule has 51 heavy (non-hydrogen) atoms. The van der Waals surface area contributed by atoms with Crippen LogP contribution in [0.25, 0.3) is 104 Å². The van der Waals surface area contributed by atoms with Crippen molar-refractivity contribution in [1.29, 1.82) is 0 Å². The summed E-state index contributed by atoms with van der Waals surface area (Å²) in [7, 11) is 0. The standard InChI is InChI=1S/C45H26N4OS/c1-3-12-27(13-4-1)43-46-44(28-14-5-2-6-15-28)48-45(47-43)29-22-23-32-39(26-29)51-38-21-11-19-34(40(32)38)49-33-18-9-7-16-30(33)41-35(49)24-25-37-42(41)31-17-8-10-20-36(31)50-37/h1-26H/i7D,8D,18D,20D,24D,25D. The Morgan fingerprint density at radius 3 is 1.96 bits per heavy atom. The van der Waals surface area contributed by atoms with Crippen LogP contribution >= 0.6 is 11.3 Å². The summed E-state index contributed by atoms with van der Waals surface area (Å²) in [4.78, 5) is 14.7. The Morgan fingerprint density at radius 2 is 1.20 bits per heavy atom. The number of para-hydroxylation sites is 2. The molecule has 0 N–H and O–H groups in total. The maximum atomic E-state index is 9.43. The molecule has 6 heteroatoms. The first-order chi connectivity index (χ1) is 27.7. The fourth-order valence-corrected chi connectivity index (χ4v) is 8.33. The predicted molar refractivity (Wildman–Crippen MR) is 211 cm³/mol. The van der Waals surface area contributed by atoms with Gasteiger partial charge in [0.15, 0.2) is 17.5 Å². The van der Waals surface area contributed by atoms with Crippen molar-refractivity contribution in [2.75, 3.05) is 0 Å². The maximum absolute atomic E-state index is 9.43. The van der Waals surface area contributed by atoms with Gasteiger partial charge in [0.1, 0.15) is 11.2 Å². The SMILES string of the molecule is [2H]c1cc([2H])c2oc3c([2H])c([2H])c4c(c5cc([2H])cc([2H])c5n4-c4cccc5sc6cc(-c7nc(-c8ccccc8)nc(-c8ccccc8)n7)ccc6c45)c3c2c1. The normalized spacial score (nSPS) is 13.6. The zero-order chi connectivity index (χ0) is 38.7. The van der Waals surface area contributed by atoms with Crippen molar-refractivity contribution in [3.63, 3.8) is 0 Å². The molecule has 11 aromatic rings. The zero-order valence-electron chi connectivity index (χ0n) is 32.7. The van der Waals surface area contributed by atoms with E-state index in [4.69, 9.17) is 24.9 Å². The van der Waals surface area contributed by atoms with Gasteiger partial charge in [-0.3, -0.25) is 0 Å². The summed E-state index contributed by atoms with van der Waals surface area (Å²) < 4.78 is 63.4. The molecule has 4 aromatic heterocycles. The fourth-order valence-electron chi connectivity index (χ4n) is 7.16. The average molecular weight is 677 g/mol. The van der Waals surface area contributed by atoms with E-state index >= 15 is 0 Å². The third kappa shape index (κ3) is 4.30. The van der Waals surface area contributed by atoms with Gasteiger partial charge in [0.05, 0.1) is 24.9 Å². The third-order valence-electron chi connectivity index (χ3n) is 9.41. The van der Waals surface area contributed by atoms with Gasteiger partial charge in [-0.2, -0.15) is 0 Å². The van der Waals surface area contributed by atoms with E-state index in [-0.39, 0.29) is 47.4 Å². The van der Waals surface area contributed by atoms with Crippen molar-refractivity contribution >= 4 is 75.3 Å². The highest BCUT2D eigenvalue weighted by molar-refractivity contribution is 7.26. The van der Waals surface area contributed by atoms with Gasteiger partial charge in [0.25, 0.3) is 0 Å². The number of nitrogens with zero attached hydrogens (tertiary/aromatic N) is 4. The zero-order valence-corrected chi connectivity index (χ0v) is 27.5. The van der Waals surface area contributed by atoms with E-state index in [1.54, 1.807) is 23.5 Å². The van der Waals surface area contributed by atoms with Crippen LogP contribution in [0.2, 0.25) is 0 Å². The van der Waals surface area contributed by atoms with E-state index in [0.29, 0.717) is 50.1 Å². The molecule has 7 aromatic carbocycles. The van der Waals surface area contributed by atoms with Gasteiger partial charge in [-0.15, -0.1) is 11.3 Å². The lowest BCUT2D eigenvalue weighted by Crippen LogP contribution is -2.00. The fraction of sp³-hybridized carbons (Fsp3) is 0. The second-order valence-electron chi connectivity index (χ2n) is 12.3. The van der Waals surface area contributed by atoms with Gasteiger partial charge < -0.3 is 8.98 Å². The Morgan fingerprint density at radius 1 is 0.490 bits per heavy atom. The highest BCUT2D eigenvalue weighted by atomic mass is 32.1. The second kappa shape index (κ2) is 10.9. The largest absolute Gasteiger partial charge is 0.456 e. The molecule has 11 rings (SSSR count). The van der Waals surface area contributed by atoms with E-state index in [1.165, 1.54) is 12.1 Å². The number of hydrogen-bond donors (Lipinski definition) is 0. The predicted octanol–water partition coefficient (Wildman–Crippen LogP) is 12.2. The van der Waals surface area contributed by atoms with Crippen molar-refractivity contribution in [2.45, 2.75) is 0 Å². The monoisotopic (exact) mass is 676 g/mol. The van der Waals surface area contributed by atoms with Gasteiger partial charge in [0, 0.05) is 58.4 Å². The molecule has 0 spiro atoms. The Balaban J connectivity index is 1.19. The Kier molecular flexibility index (Phi) is 4.91. The lowest BCUT2D eigenvalue weighted by atomic mass is 10.1. The summed E-state index contributed by atoms with van der Waals surface area (Å²) in [5.41, 5.74) is 4.55. The minimum Gasteiger partial charge on any atom is -0.456 e. The molecule has 0 fully saturated rings. The first-order valence-corrected chi connectivity index (χ1v) is 17.3. The molecule has 0 saturated heterocycles. The van der Waals surface area contributed by atoms with Crippen LogP contribution in [0.4, 0.5) is 0 Å². The minimum atomic E-state index is -0.157. The quantitative estimate of drug-likeness (QED) is 0.186. The molecule has 0 aliphatic carbocycles. The third-order valence-corrected chi connectivity index (χ3v) is 10.5. The summed E-state index contributed by atoms with van der Waals surface area (Å²) in [6.45, 7) is 0. The molecule has 0 atom stereocenters. The van der Waals surface area contributed by atoms with Crippen molar-refractivity contribution in [3.8, 4) is 39.9 Å². The van der Waals surface area contributed by atoms with Crippen LogP contribution in [0.5, 0.6) is 0 Å². The van der Waals surface area contributed by atoms with E-state index in [2.05, 4.69) is 18.2 Å². The molecule has 0 unspecified atom stereocenters. The van der Waals surface area contributed by atoms with Crippen LogP contribution in [0.1, 0.15) is 8.22 Å². The lowest BCUT2D eigenvalue weighted by molar-refractivity contribution is 0.669. The number of rotatable bonds is 4. The van der Waals surface area contributed by atoms with E-state index < -0.39 is 0 Å². The molecule has 0 bridgehead atoms. The lowest BCUT2D eigenvalue weighted by Gasteiger charge is -2.11. The summed E-state index contributed by atoms with van der Waals surface area (Å²) in [6, 6.07) is 38.1. The van der Waals surface area contributed by atoms with Crippen LogP contribution < -0.4 is 0 Å². The number of fused-ring (bicyclic) bond motifs is 10. The number of furan rings is 1. The number of hydrogen-bond acceptors (Lipinski definition) is 5. The van der Waals surface area contributed by atoms with Gasteiger partial charge in [0.2, 0.25) is 0 Å². The van der Waals surface area contributed by atoms with Crippen LogP contribution in [0, 0.1) is 0 Å². The number of thiophene rings is 1. The molecule has 5 nitrogen and oxygen atoms in total. The van der Waals surface area contributed by atoms with Crippen molar-refractivity contribution in [1.82, 2.24) is 19.5 Å². The Hall–Kier alpha value is -6.63. The van der Waals surface area contributed by atoms with E-state index in [0.717, 1.165) is 42.6 Å². The molecule has 0 aliphatic rings. The molecule has 0 amide bonds. The minimum absolute atomic E-state index is 0.0116. The Bertz CT molecular complexity index is 3430. The highest BCUT2D eigenvalue weighted by Gasteiger charge is 2.21. The molecular formula is C45H26N4OS. The van der Waals surface area contributed by atoms with Crippen LogP contribution in [-0.4, -0.2) is 19.5 Å². The topological polar surface area (TPSA) is 56.7 Å². The van der Waals surface area contributed by atoms with Crippen molar-refractivity contribution in [2.24, 2.45) is 0 Å². The van der Waals surface area contributed by atoms with Crippen LogP contribution in [-0.2, 0) is 0 Å². The smallest absolute Gasteiger partial charge is 0.164 e. The summed E-state index contributed by atoms with van der Waals surface area (Å²) in [6.07, 6.45) is 0. The van der Waals surface area contributed by atoms with Crippen LogP contribution in [0.15, 0.2) is 162 Å². The van der Waals surface area contributed by atoms with E-state index in [1.807, 2.05) is 83.4 Å². The van der Waals surface area contributed by atoms with E-state index in [9.17, 15) is 2.74 Å². The van der Waals surface area contributed by atoms with Crippen LogP contribution in [0.3, 0.4) is 0 Å². The first kappa shape index (κ1) is 22.9. The summed E-state index contributed by atoms with van der Waals surface area (Å²) in [5.74, 6) is 1.69. The average Bonchev–Trinajstić information content (AvgIpc) is 3.90. The van der Waals surface area contributed by atoms with Crippen molar-refractivity contribution < 1.29 is 12.6 Å². The molecule has 0 saturated carbocycles. The number of aromatic nitrogens is 4. The summed E-state index contributed by atoms with van der Waals surface area (Å²) >= 11 is 1.61. The molecular weight excluding hydrogens is 645 g/mol. The Labute approximate surface area is 304 Å². The van der Waals surface area contributed by atoms with Gasteiger partial charge >= 0.3 is 0 Å².